The average molecular weight is 122 g/mol. The number of rotatable bonds is 4. The Morgan fingerprint density at radius 3 is 2.56 bits per heavy atom. The van der Waals surface area contributed by atoms with Crippen LogP contribution in [0.3, 0.4) is 0 Å². The summed E-state index contributed by atoms with van der Waals surface area (Å²) in [6, 6.07) is 0. The largest absolute Gasteiger partial charge is 0.103 e. The Morgan fingerprint density at radius 1 is 1.44 bits per heavy atom. The van der Waals surface area contributed by atoms with Gasteiger partial charge in [0.1, 0.15) is 0 Å². The maximum atomic E-state index is 3.64. The van der Waals surface area contributed by atoms with E-state index in [1.165, 1.54) is 5.57 Å². The molecule has 0 N–H and O–H groups in total. The minimum atomic E-state index is 1.07. The van der Waals surface area contributed by atoms with E-state index in [-0.39, 0.29) is 0 Å². The summed E-state index contributed by atoms with van der Waals surface area (Å²) in [4.78, 5) is 0. The van der Waals surface area contributed by atoms with Crippen molar-refractivity contribution in [2.45, 2.75) is 19.8 Å². The molecular weight excluding hydrogens is 108 g/mol. The van der Waals surface area contributed by atoms with Gasteiger partial charge in [-0.3, -0.25) is 0 Å². The lowest BCUT2D eigenvalue weighted by molar-refractivity contribution is 0.981. The Bertz CT molecular complexity index is 118. The monoisotopic (exact) mass is 122 g/mol. The lowest BCUT2D eigenvalue weighted by atomic mass is 10.1. The quantitative estimate of drug-likeness (QED) is 0.397. The summed E-state index contributed by atoms with van der Waals surface area (Å²) in [6.45, 7) is 9.35. The molecule has 0 spiro atoms. The molecule has 0 aliphatic heterocycles. The van der Waals surface area contributed by atoms with E-state index in [0.29, 0.717) is 0 Å². The maximum absolute atomic E-state index is 3.64. The molecule has 0 nitrogen and oxygen atoms in total. The Hall–Kier alpha value is -0.780. The van der Waals surface area contributed by atoms with E-state index in [9.17, 15) is 0 Å². The van der Waals surface area contributed by atoms with Crippen LogP contribution in [0.25, 0.3) is 0 Å². The molecule has 0 amide bonds. The molecule has 0 aliphatic carbocycles. The van der Waals surface area contributed by atoms with Crippen molar-refractivity contribution < 1.29 is 0 Å². The first-order chi connectivity index (χ1) is 4.31. The predicted octanol–water partition coefficient (Wildman–Crippen LogP) is 3.08. The predicted molar refractivity (Wildman–Crippen MR) is 43.4 cm³/mol. The third-order valence-corrected chi connectivity index (χ3v) is 1.15. The molecule has 0 heteroatoms. The van der Waals surface area contributed by atoms with Gasteiger partial charge in [0.15, 0.2) is 0 Å². The molecule has 0 aromatic heterocycles. The van der Waals surface area contributed by atoms with Crippen LogP contribution in [0.2, 0.25) is 0 Å². The fourth-order valence-electron chi connectivity index (χ4n) is 0.614. The summed E-state index contributed by atoms with van der Waals surface area (Å²) < 4.78 is 0. The SMILES string of the molecule is C=CC=C(C)CCC=C. The summed E-state index contributed by atoms with van der Waals surface area (Å²) >= 11 is 0. The first kappa shape index (κ1) is 8.22. The third-order valence-electron chi connectivity index (χ3n) is 1.15. The molecule has 50 valence electrons. The summed E-state index contributed by atoms with van der Waals surface area (Å²) in [5, 5.41) is 0. The van der Waals surface area contributed by atoms with Gasteiger partial charge in [-0.1, -0.05) is 30.4 Å². The molecule has 0 aromatic carbocycles. The highest BCUT2D eigenvalue weighted by Crippen LogP contribution is 2.02. The molecule has 0 aliphatic rings. The van der Waals surface area contributed by atoms with E-state index in [1.54, 1.807) is 0 Å². The first-order valence-corrected chi connectivity index (χ1v) is 3.20. The van der Waals surface area contributed by atoms with Gasteiger partial charge < -0.3 is 0 Å². The fourth-order valence-corrected chi connectivity index (χ4v) is 0.614. The van der Waals surface area contributed by atoms with Gasteiger partial charge in [0, 0.05) is 0 Å². The van der Waals surface area contributed by atoms with Gasteiger partial charge in [0.2, 0.25) is 0 Å². The second-order valence-electron chi connectivity index (χ2n) is 2.08. The van der Waals surface area contributed by atoms with E-state index in [0.717, 1.165) is 12.8 Å². The summed E-state index contributed by atoms with van der Waals surface area (Å²) in [5.74, 6) is 0. The highest BCUT2D eigenvalue weighted by molar-refractivity contribution is 5.07. The third kappa shape index (κ3) is 5.09. The van der Waals surface area contributed by atoms with Crippen molar-refractivity contribution in [1.29, 1.82) is 0 Å². The Kier molecular flexibility index (Phi) is 4.89. The Morgan fingerprint density at radius 2 is 2.11 bits per heavy atom. The lowest BCUT2D eigenvalue weighted by Crippen LogP contribution is -1.72. The second-order valence-corrected chi connectivity index (χ2v) is 2.08. The van der Waals surface area contributed by atoms with Crippen molar-refractivity contribution in [3.05, 3.63) is 37.0 Å². The van der Waals surface area contributed by atoms with Gasteiger partial charge in [-0.25, -0.2) is 0 Å². The molecule has 0 radical (unpaired) electrons. The van der Waals surface area contributed by atoms with Crippen LogP contribution in [0.4, 0.5) is 0 Å². The van der Waals surface area contributed by atoms with Crippen LogP contribution in [0.1, 0.15) is 19.8 Å². The minimum Gasteiger partial charge on any atom is -0.103 e. The minimum absolute atomic E-state index is 1.07. The molecule has 0 unspecified atom stereocenters. The standard InChI is InChI=1S/C9H14/c1-4-6-8-9(3)7-5-2/h4-5,7H,1-2,6,8H2,3H3. The van der Waals surface area contributed by atoms with Gasteiger partial charge in [-0.2, -0.15) is 0 Å². The highest BCUT2D eigenvalue weighted by Gasteiger charge is 1.82. The van der Waals surface area contributed by atoms with E-state index >= 15 is 0 Å². The smallest absolute Gasteiger partial charge is 0.0285 e. The van der Waals surface area contributed by atoms with Crippen LogP contribution >= 0.6 is 0 Å². The fraction of sp³-hybridized carbons (Fsp3) is 0.333. The summed E-state index contributed by atoms with van der Waals surface area (Å²) in [6.07, 6.45) is 7.95. The first-order valence-electron chi connectivity index (χ1n) is 3.20. The van der Waals surface area contributed by atoms with E-state index in [2.05, 4.69) is 20.1 Å². The van der Waals surface area contributed by atoms with E-state index in [4.69, 9.17) is 0 Å². The van der Waals surface area contributed by atoms with Gasteiger partial charge in [-0.05, 0) is 19.8 Å². The molecule has 0 rings (SSSR count). The molecule has 9 heavy (non-hydrogen) atoms. The van der Waals surface area contributed by atoms with Gasteiger partial charge in [0.05, 0.1) is 0 Å². The number of hydrogen-bond acceptors (Lipinski definition) is 0. The van der Waals surface area contributed by atoms with Crippen LogP contribution < -0.4 is 0 Å². The van der Waals surface area contributed by atoms with Crippen molar-refractivity contribution >= 4 is 0 Å². The topological polar surface area (TPSA) is 0 Å². The Labute approximate surface area is 57.6 Å². The lowest BCUT2D eigenvalue weighted by Gasteiger charge is -1.92. The zero-order valence-electron chi connectivity index (χ0n) is 6.06. The molecule has 0 saturated heterocycles. The molecule has 0 atom stereocenters. The molecule has 0 bridgehead atoms. The van der Waals surface area contributed by atoms with Gasteiger partial charge in [-0.15, -0.1) is 6.58 Å². The molecule has 0 saturated carbocycles. The van der Waals surface area contributed by atoms with Crippen molar-refractivity contribution in [2.75, 3.05) is 0 Å². The van der Waals surface area contributed by atoms with Crippen LogP contribution in [0, 0.1) is 0 Å². The van der Waals surface area contributed by atoms with E-state index < -0.39 is 0 Å². The van der Waals surface area contributed by atoms with Crippen molar-refractivity contribution in [2.24, 2.45) is 0 Å². The number of hydrogen-bond donors (Lipinski definition) is 0. The molecule has 0 fully saturated rings. The maximum Gasteiger partial charge on any atom is -0.0285 e. The van der Waals surface area contributed by atoms with Crippen molar-refractivity contribution in [3.63, 3.8) is 0 Å². The van der Waals surface area contributed by atoms with Crippen LogP contribution in [0.5, 0.6) is 0 Å². The molecule has 0 heterocycles. The molecule has 0 aromatic rings. The highest BCUT2D eigenvalue weighted by atomic mass is 13.9. The molecular formula is C9H14. The average Bonchev–Trinajstić information content (AvgIpc) is 1.85. The number of allylic oxidation sites excluding steroid dienone is 4. The second kappa shape index (κ2) is 5.36. The summed E-state index contributed by atoms with van der Waals surface area (Å²) in [5.41, 5.74) is 1.37. The van der Waals surface area contributed by atoms with Gasteiger partial charge in [0.25, 0.3) is 0 Å². The van der Waals surface area contributed by atoms with Crippen molar-refractivity contribution in [1.82, 2.24) is 0 Å². The Balaban J connectivity index is 3.47. The summed E-state index contributed by atoms with van der Waals surface area (Å²) in [7, 11) is 0. The van der Waals surface area contributed by atoms with Crippen molar-refractivity contribution in [3.8, 4) is 0 Å². The van der Waals surface area contributed by atoms with Crippen LogP contribution in [-0.2, 0) is 0 Å². The van der Waals surface area contributed by atoms with E-state index in [1.807, 2.05) is 18.2 Å². The zero-order valence-corrected chi connectivity index (χ0v) is 6.06. The van der Waals surface area contributed by atoms with Gasteiger partial charge >= 0.3 is 0 Å². The van der Waals surface area contributed by atoms with Crippen LogP contribution in [0.15, 0.2) is 37.0 Å². The van der Waals surface area contributed by atoms with Crippen LogP contribution in [-0.4, -0.2) is 0 Å². The normalized spacial score (nSPS) is 11.0. The zero-order chi connectivity index (χ0) is 7.11.